The van der Waals surface area contributed by atoms with Gasteiger partial charge in [-0.1, -0.05) is 32.0 Å². The number of amides is 1. The van der Waals surface area contributed by atoms with Crippen LogP contribution < -0.4 is 10.1 Å². The van der Waals surface area contributed by atoms with Crippen molar-refractivity contribution in [3.05, 3.63) is 46.8 Å². The monoisotopic (exact) mass is 419 g/mol. The lowest BCUT2D eigenvalue weighted by Crippen LogP contribution is -2.31. The minimum Gasteiger partial charge on any atom is -0.479 e. The molecule has 0 spiro atoms. The fraction of sp³-hybridized carbons (Fsp3) is 0.381. The fourth-order valence-corrected chi connectivity index (χ4v) is 3.42. The Kier molecular flexibility index (Phi) is 8.67. The summed E-state index contributed by atoms with van der Waals surface area (Å²) in [5.41, 5.74) is 0.298. The van der Waals surface area contributed by atoms with Crippen LogP contribution in [0.2, 0.25) is 0 Å². The number of nitrogens with one attached hydrogen (secondary N) is 1. The van der Waals surface area contributed by atoms with Crippen LogP contribution >= 0.6 is 11.3 Å². The van der Waals surface area contributed by atoms with Crippen molar-refractivity contribution in [2.75, 3.05) is 18.5 Å². The highest BCUT2D eigenvalue weighted by atomic mass is 32.1. The number of carbonyl (C=O) groups excluding carboxylic acids is 3. The Bertz CT molecular complexity index is 833. The van der Waals surface area contributed by atoms with Gasteiger partial charge in [-0.15, -0.1) is 11.3 Å². The van der Waals surface area contributed by atoms with E-state index in [0.29, 0.717) is 22.7 Å². The van der Waals surface area contributed by atoms with E-state index >= 15 is 0 Å². The highest BCUT2D eigenvalue weighted by Crippen LogP contribution is 2.29. The zero-order valence-corrected chi connectivity index (χ0v) is 17.5. The number of benzene rings is 1. The van der Waals surface area contributed by atoms with Crippen molar-refractivity contribution in [1.29, 1.82) is 0 Å². The lowest BCUT2D eigenvalue weighted by atomic mass is 10.2. The molecule has 2 rings (SSSR count). The number of ether oxygens (including phenoxy) is 3. The van der Waals surface area contributed by atoms with Crippen LogP contribution in [0.25, 0.3) is 0 Å². The Labute approximate surface area is 174 Å². The van der Waals surface area contributed by atoms with Gasteiger partial charge in [-0.05, 0) is 38.0 Å². The topological polar surface area (TPSA) is 90.9 Å². The van der Waals surface area contributed by atoms with Crippen LogP contribution in [0.5, 0.6) is 5.75 Å². The Hall–Kier alpha value is -2.87. The number of para-hydroxylation sites is 1. The number of hydrogen-bond donors (Lipinski definition) is 1. The zero-order chi connectivity index (χ0) is 21.2. The summed E-state index contributed by atoms with van der Waals surface area (Å²) >= 11 is 1.29. The van der Waals surface area contributed by atoms with Crippen molar-refractivity contribution >= 4 is 34.2 Å². The molecule has 1 aromatic carbocycles. The predicted molar refractivity (Wildman–Crippen MR) is 110 cm³/mol. The van der Waals surface area contributed by atoms with Gasteiger partial charge in [0.2, 0.25) is 0 Å². The minimum absolute atomic E-state index is 0.237. The maximum absolute atomic E-state index is 12.2. The first-order valence-electron chi connectivity index (χ1n) is 9.46. The van der Waals surface area contributed by atoms with E-state index in [4.69, 9.17) is 14.2 Å². The number of anilines is 1. The van der Waals surface area contributed by atoms with Gasteiger partial charge in [0.05, 0.1) is 12.2 Å². The average Bonchev–Trinajstić information content (AvgIpc) is 3.14. The van der Waals surface area contributed by atoms with Crippen LogP contribution in [0.3, 0.4) is 0 Å². The molecule has 1 aromatic heterocycles. The minimum atomic E-state index is -0.811. The number of carbonyl (C=O) groups is 3. The molecular weight excluding hydrogens is 394 g/mol. The summed E-state index contributed by atoms with van der Waals surface area (Å²) in [6, 6.07) is 10.6. The molecule has 0 fully saturated rings. The van der Waals surface area contributed by atoms with Crippen LogP contribution in [0.1, 0.15) is 42.4 Å². The molecule has 0 saturated carbocycles. The van der Waals surface area contributed by atoms with Crippen LogP contribution in [-0.4, -0.2) is 37.2 Å². The third kappa shape index (κ3) is 6.60. The Morgan fingerprint density at radius 3 is 2.41 bits per heavy atom. The number of rotatable bonds is 10. The summed E-state index contributed by atoms with van der Waals surface area (Å²) in [5.74, 6) is -1.12. The number of thiophene rings is 1. The number of hydrogen-bond acceptors (Lipinski definition) is 7. The maximum Gasteiger partial charge on any atom is 0.347 e. The van der Waals surface area contributed by atoms with Crippen molar-refractivity contribution in [2.24, 2.45) is 0 Å². The third-order valence-corrected chi connectivity index (χ3v) is 5.08. The van der Waals surface area contributed by atoms with Gasteiger partial charge in [0.1, 0.15) is 10.8 Å². The van der Waals surface area contributed by atoms with E-state index in [1.54, 1.807) is 44.2 Å². The molecule has 0 aliphatic heterocycles. The highest BCUT2D eigenvalue weighted by molar-refractivity contribution is 7.16. The van der Waals surface area contributed by atoms with Crippen LogP contribution in [-0.2, 0) is 25.5 Å². The second-order valence-corrected chi connectivity index (χ2v) is 7.15. The molecule has 8 heteroatoms. The van der Waals surface area contributed by atoms with Gasteiger partial charge >= 0.3 is 11.9 Å². The standard InChI is InChI=1S/C21H25NO6S/c1-4-15-12-16(20(24)26-6-3)19(29-15)22-18(23)13-27-21(25)17(5-2)28-14-10-8-7-9-11-14/h7-12,17H,4-6,13H2,1-3H3,(H,22,23)/t17-/m1/s1. The molecule has 2 aromatic rings. The summed E-state index contributed by atoms with van der Waals surface area (Å²) in [4.78, 5) is 37.5. The molecule has 0 bridgehead atoms. The summed E-state index contributed by atoms with van der Waals surface area (Å²) in [7, 11) is 0. The molecule has 1 N–H and O–H groups in total. The largest absolute Gasteiger partial charge is 0.479 e. The quantitative estimate of drug-likeness (QED) is 0.589. The van der Waals surface area contributed by atoms with Crippen molar-refractivity contribution in [1.82, 2.24) is 0 Å². The van der Waals surface area contributed by atoms with Crippen molar-refractivity contribution < 1.29 is 28.6 Å². The molecule has 0 saturated heterocycles. The first kappa shape index (κ1) is 22.4. The van der Waals surface area contributed by atoms with Crippen molar-refractivity contribution in [2.45, 2.75) is 39.7 Å². The second-order valence-electron chi connectivity index (χ2n) is 6.01. The predicted octanol–water partition coefficient (Wildman–Crippen LogP) is 3.83. The molecule has 29 heavy (non-hydrogen) atoms. The number of esters is 2. The molecular formula is C21H25NO6S. The van der Waals surface area contributed by atoms with E-state index < -0.39 is 30.6 Å². The zero-order valence-electron chi connectivity index (χ0n) is 16.7. The first-order valence-corrected chi connectivity index (χ1v) is 10.3. The van der Waals surface area contributed by atoms with Crippen LogP contribution in [0.4, 0.5) is 5.00 Å². The van der Waals surface area contributed by atoms with Gasteiger partial charge in [-0.2, -0.15) is 0 Å². The van der Waals surface area contributed by atoms with Gasteiger partial charge in [0.25, 0.3) is 5.91 Å². The molecule has 0 aliphatic rings. The fourth-order valence-electron chi connectivity index (χ4n) is 2.42. The van der Waals surface area contributed by atoms with Crippen LogP contribution in [0, 0.1) is 0 Å². The molecule has 0 unspecified atom stereocenters. The average molecular weight is 419 g/mol. The van der Waals surface area contributed by atoms with Crippen molar-refractivity contribution in [3.63, 3.8) is 0 Å². The van der Waals surface area contributed by atoms with Gasteiger partial charge < -0.3 is 19.5 Å². The summed E-state index contributed by atoms with van der Waals surface area (Å²) < 4.78 is 15.7. The van der Waals surface area contributed by atoms with Gasteiger partial charge in [0.15, 0.2) is 12.7 Å². The Morgan fingerprint density at radius 2 is 1.79 bits per heavy atom. The van der Waals surface area contributed by atoms with Crippen molar-refractivity contribution in [3.8, 4) is 5.75 Å². The Balaban J connectivity index is 1.94. The molecule has 1 amide bonds. The SMILES string of the molecule is CCOC(=O)c1cc(CC)sc1NC(=O)COC(=O)[C@@H](CC)Oc1ccccc1. The smallest absolute Gasteiger partial charge is 0.347 e. The van der Waals surface area contributed by atoms with Gasteiger partial charge in [0, 0.05) is 4.88 Å². The van der Waals surface area contributed by atoms with Crippen LogP contribution in [0.15, 0.2) is 36.4 Å². The summed E-state index contributed by atoms with van der Waals surface area (Å²) in [6.07, 6.45) is 0.304. The number of aryl methyl sites for hydroxylation is 1. The molecule has 156 valence electrons. The van der Waals surface area contributed by atoms with E-state index in [9.17, 15) is 14.4 Å². The molecule has 1 heterocycles. The summed E-state index contributed by atoms with van der Waals surface area (Å²) in [5, 5.41) is 3.01. The highest BCUT2D eigenvalue weighted by Gasteiger charge is 2.23. The summed E-state index contributed by atoms with van der Waals surface area (Å²) in [6.45, 7) is 5.21. The second kappa shape index (κ2) is 11.2. The molecule has 1 atom stereocenters. The van der Waals surface area contributed by atoms with E-state index in [1.165, 1.54) is 11.3 Å². The molecule has 7 nitrogen and oxygen atoms in total. The van der Waals surface area contributed by atoms with E-state index in [-0.39, 0.29) is 6.61 Å². The van der Waals surface area contributed by atoms with Gasteiger partial charge in [-0.25, -0.2) is 9.59 Å². The maximum atomic E-state index is 12.2. The normalized spacial score (nSPS) is 11.4. The lowest BCUT2D eigenvalue weighted by Gasteiger charge is -2.16. The first-order chi connectivity index (χ1) is 14.0. The molecule has 0 radical (unpaired) electrons. The van der Waals surface area contributed by atoms with Gasteiger partial charge in [-0.3, -0.25) is 4.79 Å². The van der Waals surface area contributed by atoms with E-state index in [1.807, 2.05) is 13.0 Å². The third-order valence-electron chi connectivity index (χ3n) is 3.88. The van der Waals surface area contributed by atoms with E-state index in [0.717, 1.165) is 11.3 Å². The lowest BCUT2D eigenvalue weighted by molar-refractivity contribution is -0.154. The van der Waals surface area contributed by atoms with E-state index in [2.05, 4.69) is 5.32 Å². The molecule has 0 aliphatic carbocycles. The Morgan fingerprint density at radius 1 is 1.07 bits per heavy atom.